The zero-order chi connectivity index (χ0) is 18.4. The van der Waals surface area contributed by atoms with Crippen molar-refractivity contribution in [3.05, 3.63) is 35.9 Å². The molecule has 2 amide bonds. The molecule has 4 nitrogen and oxygen atoms in total. The number of ether oxygens (including phenoxy) is 1. The Balaban J connectivity index is 1.17. The fourth-order valence-electron chi connectivity index (χ4n) is 6.61. The van der Waals surface area contributed by atoms with Crippen LogP contribution in [0.15, 0.2) is 30.3 Å². The van der Waals surface area contributed by atoms with E-state index in [9.17, 15) is 9.59 Å². The summed E-state index contributed by atoms with van der Waals surface area (Å²) < 4.78 is 6.41. The molecule has 4 saturated carbocycles. The summed E-state index contributed by atoms with van der Waals surface area (Å²) in [4.78, 5) is 26.6. The molecule has 1 heterocycles. The van der Waals surface area contributed by atoms with Gasteiger partial charge < -0.3 is 4.74 Å². The van der Waals surface area contributed by atoms with Crippen molar-refractivity contribution in [1.29, 1.82) is 0 Å². The SMILES string of the molecule is O=C1C[C@@H](Cc2ccccc2)C(=O)N1CCOC12CC3CC(CC(C3)C1)C2. The molecular formula is C23H29NO3. The van der Waals surface area contributed by atoms with E-state index in [1.165, 1.54) is 43.4 Å². The average molecular weight is 367 g/mol. The molecule has 1 aliphatic heterocycles. The minimum absolute atomic E-state index is 0.0158. The van der Waals surface area contributed by atoms with E-state index in [1.807, 2.05) is 30.3 Å². The molecule has 0 N–H and O–H groups in total. The summed E-state index contributed by atoms with van der Waals surface area (Å²) in [6, 6.07) is 9.98. The van der Waals surface area contributed by atoms with Crippen molar-refractivity contribution < 1.29 is 14.3 Å². The molecule has 144 valence electrons. The van der Waals surface area contributed by atoms with Gasteiger partial charge in [-0.05, 0) is 68.3 Å². The molecule has 0 spiro atoms. The lowest BCUT2D eigenvalue weighted by molar-refractivity contribution is -0.167. The van der Waals surface area contributed by atoms with E-state index in [0.717, 1.165) is 23.3 Å². The van der Waals surface area contributed by atoms with Gasteiger partial charge in [-0.2, -0.15) is 0 Å². The van der Waals surface area contributed by atoms with Crippen LogP contribution in [0.25, 0.3) is 0 Å². The van der Waals surface area contributed by atoms with Crippen LogP contribution in [0.2, 0.25) is 0 Å². The van der Waals surface area contributed by atoms with Gasteiger partial charge in [-0.25, -0.2) is 0 Å². The molecule has 6 rings (SSSR count). The Labute approximate surface area is 161 Å². The van der Waals surface area contributed by atoms with Crippen molar-refractivity contribution >= 4 is 11.8 Å². The summed E-state index contributed by atoms with van der Waals surface area (Å²) >= 11 is 0. The summed E-state index contributed by atoms with van der Waals surface area (Å²) in [7, 11) is 0. The maximum absolute atomic E-state index is 12.7. The Morgan fingerprint density at radius 2 is 1.59 bits per heavy atom. The predicted octanol–water partition coefficient (Wildman–Crippen LogP) is 3.59. The van der Waals surface area contributed by atoms with Gasteiger partial charge in [0.05, 0.1) is 24.7 Å². The van der Waals surface area contributed by atoms with E-state index in [2.05, 4.69) is 0 Å². The lowest BCUT2D eigenvalue weighted by Gasteiger charge is -2.56. The topological polar surface area (TPSA) is 46.6 Å². The number of nitrogens with zero attached hydrogens (tertiary/aromatic N) is 1. The van der Waals surface area contributed by atoms with E-state index in [0.29, 0.717) is 26.0 Å². The molecule has 4 bridgehead atoms. The third kappa shape index (κ3) is 3.33. The highest BCUT2D eigenvalue weighted by Gasteiger charge is 2.51. The minimum atomic E-state index is -0.209. The first-order valence-electron chi connectivity index (χ1n) is 10.6. The molecule has 1 aromatic rings. The quantitative estimate of drug-likeness (QED) is 0.722. The average Bonchev–Trinajstić information content (AvgIpc) is 2.89. The molecule has 0 radical (unpaired) electrons. The molecule has 0 aromatic heterocycles. The number of benzene rings is 1. The number of likely N-dealkylation sites (tertiary alicyclic amines) is 1. The van der Waals surface area contributed by atoms with Crippen molar-refractivity contribution in [2.24, 2.45) is 23.7 Å². The van der Waals surface area contributed by atoms with Crippen LogP contribution in [-0.2, 0) is 20.7 Å². The molecule has 5 fully saturated rings. The van der Waals surface area contributed by atoms with Crippen LogP contribution in [-0.4, -0.2) is 35.5 Å². The molecule has 1 aromatic carbocycles. The number of imide groups is 1. The van der Waals surface area contributed by atoms with Gasteiger partial charge in [-0.3, -0.25) is 14.5 Å². The van der Waals surface area contributed by atoms with Crippen LogP contribution >= 0.6 is 0 Å². The van der Waals surface area contributed by atoms with E-state index < -0.39 is 0 Å². The molecule has 4 heteroatoms. The zero-order valence-corrected chi connectivity index (χ0v) is 15.9. The molecule has 1 saturated heterocycles. The Morgan fingerprint density at radius 1 is 0.963 bits per heavy atom. The Morgan fingerprint density at radius 3 is 2.22 bits per heavy atom. The Bertz CT molecular complexity index is 693. The zero-order valence-electron chi connectivity index (χ0n) is 15.9. The monoisotopic (exact) mass is 367 g/mol. The van der Waals surface area contributed by atoms with Crippen LogP contribution in [0.5, 0.6) is 0 Å². The van der Waals surface area contributed by atoms with Crippen molar-refractivity contribution in [2.75, 3.05) is 13.2 Å². The highest BCUT2D eigenvalue weighted by Crippen LogP contribution is 2.57. The number of rotatable bonds is 6. The fraction of sp³-hybridized carbons (Fsp3) is 0.652. The first-order chi connectivity index (χ1) is 13.1. The van der Waals surface area contributed by atoms with Crippen molar-refractivity contribution in [2.45, 2.75) is 57.0 Å². The number of carbonyl (C=O) groups is 2. The number of hydrogen-bond donors (Lipinski definition) is 0. The second kappa shape index (κ2) is 6.73. The number of carbonyl (C=O) groups excluding carboxylic acids is 2. The summed E-state index contributed by atoms with van der Waals surface area (Å²) in [6.07, 6.45) is 8.75. The van der Waals surface area contributed by atoms with Crippen LogP contribution in [0.4, 0.5) is 0 Å². The van der Waals surface area contributed by atoms with Crippen molar-refractivity contribution in [3.63, 3.8) is 0 Å². The molecule has 0 unspecified atom stereocenters. The van der Waals surface area contributed by atoms with Gasteiger partial charge in [0.1, 0.15) is 0 Å². The minimum Gasteiger partial charge on any atom is -0.373 e. The second-order valence-corrected chi connectivity index (χ2v) is 9.42. The Hall–Kier alpha value is -1.68. The van der Waals surface area contributed by atoms with E-state index >= 15 is 0 Å². The maximum Gasteiger partial charge on any atom is 0.233 e. The number of amides is 2. The molecule has 1 atom stereocenters. The van der Waals surface area contributed by atoms with Gasteiger partial charge in [0.2, 0.25) is 11.8 Å². The lowest BCUT2D eigenvalue weighted by Crippen LogP contribution is -2.52. The third-order valence-electron chi connectivity index (χ3n) is 7.37. The third-order valence-corrected chi connectivity index (χ3v) is 7.37. The molecule has 4 aliphatic carbocycles. The molecule has 5 aliphatic rings. The van der Waals surface area contributed by atoms with Gasteiger partial charge >= 0.3 is 0 Å². The number of hydrogen-bond acceptors (Lipinski definition) is 3. The van der Waals surface area contributed by atoms with Gasteiger partial charge in [0.25, 0.3) is 0 Å². The first-order valence-corrected chi connectivity index (χ1v) is 10.6. The lowest BCUT2D eigenvalue weighted by atomic mass is 9.54. The van der Waals surface area contributed by atoms with E-state index in [4.69, 9.17) is 4.74 Å². The normalized spacial score (nSPS) is 37.4. The van der Waals surface area contributed by atoms with Gasteiger partial charge in [-0.1, -0.05) is 30.3 Å². The highest BCUT2D eigenvalue weighted by atomic mass is 16.5. The van der Waals surface area contributed by atoms with Gasteiger partial charge in [0, 0.05) is 6.42 Å². The fourth-order valence-corrected chi connectivity index (χ4v) is 6.61. The first kappa shape index (κ1) is 17.4. The van der Waals surface area contributed by atoms with Crippen LogP contribution in [0.3, 0.4) is 0 Å². The van der Waals surface area contributed by atoms with Crippen LogP contribution in [0, 0.1) is 23.7 Å². The maximum atomic E-state index is 12.7. The van der Waals surface area contributed by atoms with Gasteiger partial charge in [-0.15, -0.1) is 0 Å². The van der Waals surface area contributed by atoms with Crippen LogP contribution in [0.1, 0.15) is 50.5 Å². The molecular weight excluding hydrogens is 338 g/mol. The van der Waals surface area contributed by atoms with E-state index in [-0.39, 0.29) is 23.3 Å². The highest BCUT2D eigenvalue weighted by molar-refractivity contribution is 6.03. The van der Waals surface area contributed by atoms with E-state index in [1.54, 1.807) is 0 Å². The summed E-state index contributed by atoms with van der Waals surface area (Å²) in [5.41, 5.74) is 1.17. The smallest absolute Gasteiger partial charge is 0.233 e. The molecule has 27 heavy (non-hydrogen) atoms. The van der Waals surface area contributed by atoms with Crippen molar-refractivity contribution in [3.8, 4) is 0 Å². The summed E-state index contributed by atoms with van der Waals surface area (Å²) in [6.45, 7) is 0.923. The summed E-state index contributed by atoms with van der Waals surface area (Å²) in [5.74, 6) is 2.29. The predicted molar refractivity (Wildman–Crippen MR) is 102 cm³/mol. The Kier molecular flexibility index (Phi) is 4.34. The van der Waals surface area contributed by atoms with Crippen molar-refractivity contribution in [1.82, 2.24) is 4.90 Å². The largest absolute Gasteiger partial charge is 0.373 e. The van der Waals surface area contributed by atoms with Gasteiger partial charge in [0.15, 0.2) is 0 Å². The summed E-state index contributed by atoms with van der Waals surface area (Å²) in [5, 5.41) is 0. The standard InChI is InChI=1S/C23H29NO3/c25-21-12-20(11-16-4-2-1-3-5-16)22(26)24(21)6-7-27-23-13-17-8-18(14-23)10-19(9-17)15-23/h1-5,17-20H,6-15H2/t17?,18?,19?,20-,23?/m1/s1. The van der Waals surface area contributed by atoms with Crippen LogP contribution < -0.4 is 0 Å². The second-order valence-electron chi connectivity index (χ2n) is 9.42.